The summed E-state index contributed by atoms with van der Waals surface area (Å²) >= 11 is 21.1. The van der Waals surface area contributed by atoms with Crippen LogP contribution in [0.25, 0.3) is 0 Å². The van der Waals surface area contributed by atoms with Gasteiger partial charge in [-0.25, -0.2) is 4.79 Å². The van der Waals surface area contributed by atoms with Crippen LogP contribution >= 0.6 is 51.5 Å². The summed E-state index contributed by atoms with van der Waals surface area (Å²) in [6.07, 6.45) is -0.441. The van der Waals surface area contributed by atoms with Crippen LogP contribution in [0.15, 0.2) is 0 Å². The second kappa shape index (κ2) is 4.59. The Morgan fingerprint density at radius 2 is 1.77 bits per heavy atom. The lowest BCUT2D eigenvalue weighted by Gasteiger charge is -2.19. The van der Waals surface area contributed by atoms with Crippen molar-refractivity contribution in [1.29, 1.82) is 0 Å². The van der Waals surface area contributed by atoms with E-state index in [1.54, 1.807) is 13.8 Å². The SMILES string of the molecule is CC(C)OC(=O)C(Cl)(Cl)P(=O)(Cl)Cl. The van der Waals surface area contributed by atoms with Crippen molar-refractivity contribution in [2.24, 2.45) is 0 Å². The van der Waals surface area contributed by atoms with Crippen LogP contribution in [0.2, 0.25) is 0 Å². The minimum Gasteiger partial charge on any atom is -0.460 e. The second-order valence-electron chi connectivity index (χ2n) is 2.46. The van der Waals surface area contributed by atoms with Crippen LogP contribution < -0.4 is 0 Å². The van der Waals surface area contributed by atoms with Crippen molar-refractivity contribution in [2.75, 3.05) is 0 Å². The summed E-state index contributed by atoms with van der Waals surface area (Å²) in [7, 11) is 0. The van der Waals surface area contributed by atoms with Crippen molar-refractivity contribution in [3.8, 4) is 0 Å². The van der Waals surface area contributed by atoms with Gasteiger partial charge in [0, 0.05) is 0 Å². The first kappa shape index (κ1) is 13.9. The van der Waals surface area contributed by atoms with Crippen molar-refractivity contribution in [2.45, 2.75) is 24.0 Å². The zero-order chi connectivity index (χ0) is 10.9. The van der Waals surface area contributed by atoms with Crippen molar-refractivity contribution < 1.29 is 14.1 Å². The maximum atomic E-state index is 11.1. The summed E-state index contributed by atoms with van der Waals surface area (Å²) in [5.74, 6) is -5.09. The van der Waals surface area contributed by atoms with E-state index < -0.39 is 22.0 Å². The molecule has 0 aliphatic heterocycles. The molecule has 0 aliphatic carbocycles. The van der Waals surface area contributed by atoms with Gasteiger partial charge >= 0.3 is 5.97 Å². The predicted molar refractivity (Wildman–Crippen MR) is 55.0 cm³/mol. The Kier molecular flexibility index (Phi) is 4.89. The molecular formula is C5H7Cl4O3P. The van der Waals surface area contributed by atoms with E-state index in [4.69, 9.17) is 45.7 Å². The minimum absolute atomic E-state index is 0.441. The summed E-state index contributed by atoms with van der Waals surface area (Å²) < 4.78 is 13.2. The van der Waals surface area contributed by atoms with E-state index in [1.165, 1.54) is 0 Å². The third kappa shape index (κ3) is 3.85. The molecule has 0 amide bonds. The molecule has 0 unspecified atom stereocenters. The molecule has 0 radical (unpaired) electrons. The highest BCUT2D eigenvalue weighted by Gasteiger charge is 2.52. The molecule has 8 heteroatoms. The molecule has 0 saturated heterocycles. The molecule has 0 aromatic carbocycles. The summed E-state index contributed by atoms with van der Waals surface area (Å²) in [6, 6.07) is 0. The predicted octanol–water partition coefficient (Wildman–Crippen LogP) is 3.74. The summed E-state index contributed by atoms with van der Waals surface area (Å²) in [5.41, 5.74) is 0. The van der Waals surface area contributed by atoms with Gasteiger partial charge in [-0.15, -0.1) is 0 Å². The topological polar surface area (TPSA) is 43.4 Å². The number of ether oxygens (including phenoxy) is 1. The standard InChI is InChI=1S/C5H7Cl4O3P/c1-3(2)12-4(10)5(6,7)13(8,9)11/h3H,1-2H3. The van der Waals surface area contributed by atoms with Gasteiger partial charge in [-0.1, -0.05) is 23.2 Å². The fraction of sp³-hybridized carbons (Fsp3) is 0.800. The largest absolute Gasteiger partial charge is 0.460 e. The van der Waals surface area contributed by atoms with Gasteiger partial charge < -0.3 is 4.74 Å². The van der Waals surface area contributed by atoms with Gasteiger partial charge in [0.2, 0.25) is 0 Å². The Hall–Kier alpha value is 0.860. The molecule has 0 aliphatic rings. The highest BCUT2D eigenvalue weighted by atomic mass is 35.9. The van der Waals surface area contributed by atoms with E-state index in [0.29, 0.717) is 0 Å². The quantitative estimate of drug-likeness (QED) is 0.451. The van der Waals surface area contributed by atoms with Crippen LogP contribution in [0.5, 0.6) is 0 Å². The zero-order valence-corrected chi connectivity index (χ0v) is 10.7. The molecule has 0 spiro atoms. The normalized spacial score (nSPS) is 13.2. The molecule has 0 atom stereocenters. The van der Waals surface area contributed by atoms with Gasteiger partial charge in [0.15, 0.2) is 0 Å². The molecule has 3 nitrogen and oxygen atoms in total. The van der Waals surface area contributed by atoms with Gasteiger partial charge in [-0.05, 0) is 36.3 Å². The first-order chi connectivity index (χ1) is 5.59. The molecule has 0 heterocycles. The van der Waals surface area contributed by atoms with E-state index in [-0.39, 0.29) is 0 Å². The van der Waals surface area contributed by atoms with Gasteiger partial charge in [-0.2, -0.15) is 0 Å². The fourth-order valence-electron chi connectivity index (χ4n) is 0.391. The molecule has 0 aromatic heterocycles. The van der Waals surface area contributed by atoms with Gasteiger partial charge in [0.25, 0.3) is 9.92 Å². The van der Waals surface area contributed by atoms with Crippen LogP contribution in [0.3, 0.4) is 0 Å². The van der Waals surface area contributed by atoms with Crippen LogP contribution in [-0.2, 0) is 14.1 Å². The average molecular weight is 288 g/mol. The number of hydrogen-bond acceptors (Lipinski definition) is 3. The van der Waals surface area contributed by atoms with Crippen molar-refractivity contribution in [3.63, 3.8) is 0 Å². The zero-order valence-electron chi connectivity index (χ0n) is 6.76. The molecule has 0 bridgehead atoms. The lowest BCUT2D eigenvalue weighted by atomic mass is 10.5. The van der Waals surface area contributed by atoms with Crippen LogP contribution in [0.4, 0.5) is 0 Å². The van der Waals surface area contributed by atoms with Crippen molar-refractivity contribution >= 4 is 57.5 Å². The van der Waals surface area contributed by atoms with Crippen molar-refractivity contribution in [3.05, 3.63) is 0 Å². The molecule has 0 rings (SSSR count). The minimum atomic E-state index is -3.98. The van der Waals surface area contributed by atoms with Gasteiger partial charge in [-0.3, -0.25) is 4.57 Å². The highest BCUT2D eigenvalue weighted by molar-refractivity contribution is 8.11. The third-order valence-electron chi connectivity index (χ3n) is 0.915. The van der Waals surface area contributed by atoms with E-state index >= 15 is 0 Å². The smallest absolute Gasteiger partial charge is 0.353 e. The van der Waals surface area contributed by atoms with E-state index in [1.807, 2.05) is 0 Å². The molecule has 0 fully saturated rings. The van der Waals surface area contributed by atoms with E-state index in [2.05, 4.69) is 4.74 Å². The molecule has 13 heavy (non-hydrogen) atoms. The lowest BCUT2D eigenvalue weighted by Crippen LogP contribution is -2.28. The number of halogens is 4. The first-order valence-electron chi connectivity index (χ1n) is 3.17. The second-order valence-corrected chi connectivity index (χ2v) is 9.28. The van der Waals surface area contributed by atoms with Crippen LogP contribution in [0, 0.1) is 0 Å². The van der Waals surface area contributed by atoms with Crippen LogP contribution in [0.1, 0.15) is 13.8 Å². The maximum Gasteiger partial charge on any atom is 0.353 e. The molecular weight excluding hydrogens is 281 g/mol. The third-order valence-corrected chi connectivity index (χ3v) is 6.05. The number of rotatable bonds is 3. The lowest BCUT2D eigenvalue weighted by molar-refractivity contribution is -0.146. The highest BCUT2D eigenvalue weighted by Crippen LogP contribution is 2.71. The number of carbonyl (C=O) groups excluding carboxylic acids is 1. The summed E-state index contributed by atoms with van der Waals surface area (Å²) in [4.78, 5) is 11.1. The molecule has 0 N–H and O–H groups in total. The summed E-state index contributed by atoms with van der Waals surface area (Å²) in [6.45, 7) is 3.16. The van der Waals surface area contributed by atoms with Gasteiger partial charge in [0.05, 0.1) is 6.10 Å². The monoisotopic (exact) mass is 286 g/mol. The number of alkyl halides is 2. The Morgan fingerprint density at radius 1 is 1.38 bits per heavy atom. The molecule has 0 saturated carbocycles. The Labute approximate surface area is 95.6 Å². The Bertz CT molecular complexity index is 246. The van der Waals surface area contributed by atoms with E-state index in [9.17, 15) is 9.36 Å². The number of carbonyl (C=O) groups is 1. The number of hydrogen-bond donors (Lipinski definition) is 0. The number of esters is 1. The molecule has 78 valence electrons. The van der Waals surface area contributed by atoms with Crippen LogP contribution in [-0.4, -0.2) is 16.1 Å². The maximum absolute atomic E-state index is 11.1. The van der Waals surface area contributed by atoms with Crippen molar-refractivity contribution in [1.82, 2.24) is 0 Å². The Balaban J connectivity index is 4.66. The Morgan fingerprint density at radius 3 is 2.00 bits per heavy atom. The first-order valence-corrected chi connectivity index (χ1v) is 7.44. The fourth-order valence-corrected chi connectivity index (χ4v) is 1.16. The average Bonchev–Trinajstić information content (AvgIpc) is 1.82. The van der Waals surface area contributed by atoms with Gasteiger partial charge in [0.1, 0.15) is 0 Å². The van der Waals surface area contributed by atoms with E-state index in [0.717, 1.165) is 0 Å². The summed E-state index contributed by atoms with van der Waals surface area (Å²) in [5, 5.41) is 0. The molecule has 0 aromatic rings.